The topological polar surface area (TPSA) is 69.7 Å². The van der Waals surface area contributed by atoms with Crippen LogP contribution in [0, 0.1) is 12.7 Å². The summed E-state index contributed by atoms with van der Waals surface area (Å²) in [6, 6.07) is 11.9. The largest absolute Gasteiger partial charge is 0.494 e. The summed E-state index contributed by atoms with van der Waals surface area (Å²) in [5.74, 6) is 0.0580. The molecule has 3 rings (SSSR count). The van der Waals surface area contributed by atoms with E-state index in [1.807, 2.05) is 0 Å². The normalized spacial score (nSPS) is 12.5. The van der Waals surface area contributed by atoms with Gasteiger partial charge in [-0.05, 0) is 67.9 Å². The number of ether oxygens (including phenoxy) is 3. The van der Waals surface area contributed by atoms with Gasteiger partial charge in [0.25, 0.3) is 5.91 Å². The molecule has 35 heavy (non-hydrogen) atoms. The number of aryl methyl sites for hydroxylation is 1. The molecule has 0 bridgehead atoms. The fourth-order valence-corrected chi connectivity index (χ4v) is 3.42. The van der Waals surface area contributed by atoms with Crippen molar-refractivity contribution in [3.63, 3.8) is 0 Å². The van der Waals surface area contributed by atoms with Crippen molar-refractivity contribution >= 4 is 5.91 Å². The van der Waals surface area contributed by atoms with Gasteiger partial charge in [0.15, 0.2) is 17.2 Å². The number of benzene rings is 2. The Morgan fingerprint density at radius 3 is 2.40 bits per heavy atom. The molecule has 9 heteroatoms. The number of aromatic nitrogens is 1. The maximum Gasteiger partial charge on any atom is 0.251 e. The summed E-state index contributed by atoms with van der Waals surface area (Å²) in [6.45, 7) is 1.75. The van der Waals surface area contributed by atoms with Crippen molar-refractivity contribution < 1.29 is 32.2 Å². The molecular formula is C26H27F3N2O4. The number of amides is 1. The number of pyridine rings is 1. The van der Waals surface area contributed by atoms with E-state index in [1.54, 1.807) is 25.1 Å². The summed E-state index contributed by atoms with van der Waals surface area (Å²) in [6.07, 6.45) is 0. The summed E-state index contributed by atoms with van der Waals surface area (Å²) in [4.78, 5) is 17.1. The van der Waals surface area contributed by atoms with E-state index in [9.17, 15) is 13.6 Å². The second-order valence-electron chi connectivity index (χ2n) is 7.99. The number of halogens is 3. The van der Waals surface area contributed by atoms with Gasteiger partial charge in [-0.25, -0.2) is 18.2 Å². The SMILES string of the molecule is COc1cc(C(=O)NCC(C)(F)c2ccc(OC)c(-c3ccc(F)c(C)c3)n2)ccc1OCCF. The zero-order valence-corrected chi connectivity index (χ0v) is 20.0. The molecule has 0 fully saturated rings. The van der Waals surface area contributed by atoms with Crippen LogP contribution < -0.4 is 19.5 Å². The Hall–Kier alpha value is -3.75. The third-order valence-corrected chi connectivity index (χ3v) is 5.39. The van der Waals surface area contributed by atoms with E-state index < -0.39 is 18.3 Å². The average molecular weight is 489 g/mol. The predicted molar refractivity (Wildman–Crippen MR) is 126 cm³/mol. The van der Waals surface area contributed by atoms with Crippen LogP contribution in [0.15, 0.2) is 48.5 Å². The molecule has 0 saturated heterocycles. The Morgan fingerprint density at radius 1 is 1.03 bits per heavy atom. The number of hydrogen-bond donors (Lipinski definition) is 1. The second-order valence-corrected chi connectivity index (χ2v) is 7.99. The Labute approximate surface area is 202 Å². The van der Waals surface area contributed by atoms with E-state index in [1.165, 1.54) is 51.5 Å². The van der Waals surface area contributed by atoms with Crippen LogP contribution in [0.5, 0.6) is 17.2 Å². The molecule has 1 amide bonds. The molecule has 0 radical (unpaired) electrons. The average Bonchev–Trinajstić information content (AvgIpc) is 2.87. The summed E-state index contributed by atoms with van der Waals surface area (Å²) in [7, 11) is 2.86. The van der Waals surface area contributed by atoms with E-state index in [0.29, 0.717) is 28.3 Å². The van der Waals surface area contributed by atoms with Crippen molar-refractivity contribution in [2.75, 3.05) is 34.0 Å². The van der Waals surface area contributed by atoms with Crippen LogP contribution in [0.25, 0.3) is 11.3 Å². The molecule has 0 spiro atoms. The molecule has 0 aliphatic heterocycles. The van der Waals surface area contributed by atoms with E-state index in [2.05, 4.69) is 10.3 Å². The van der Waals surface area contributed by atoms with Gasteiger partial charge < -0.3 is 19.5 Å². The fourth-order valence-electron chi connectivity index (χ4n) is 3.42. The number of carbonyl (C=O) groups excluding carboxylic acids is 1. The standard InChI is InChI=1S/C26H27F3N2O4/c1-16-13-17(5-7-19(16)28)24-21(33-3)9-10-23(31-24)26(2,29)15-30-25(32)18-6-8-20(35-12-11-27)22(14-18)34-4/h5-10,13-14H,11-12,15H2,1-4H3,(H,30,32). The smallest absolute Gasteiger partial charge is 0.251 e. The first-order valence-electron chi connectivity index (χ1n) is 10.9. The third kappa shape index (κ3) is 6.03. The number of hydrogen-bond acceptors (Lipinski definition) is 5. The monoisotopic (exact) mass is 488 g/mol. The molecule has 1 atom stereocenters. The lowest BCUT2D eigenvalue weighted by Crippen LogP contribution is -2.36. The molecule has 0 aliphatic carbocycles. The molecule has 2 aromatic carbocycles. The van der Waals surface area contributed by atoms with Crippen molar-refractivity contribution in [3.8, 4) is 28.5 Å². The van der Waals surface area contributed by atoms with Crippen LogP contribution in [0.4, 0.5) is 13.2 Å². The minimum Gasteiger partial charge on any atom is -0.494 e. The van der Waals surface area contributed by atoms with Gasteiger partial charge in [-0.2, -0.15) is 0 Å². The first-order chi connectivity index (χ1) is 16.7. The molecule has 0 aliphatic rings. The molecule has 1 unspecified atom stereocenters. The van der Waals surface area contributed by atoms with Gasteiger partial charge in [-0.3, -0.25) is 4.79 Å². The van der Waals surface area contributed by atoms with Gasteiger partial charge in [0.2, 0.25) is 0 Å². The zero-order chi connectivity index (χ0) is 25.6. The minimum absolute atomic E-state index is 0.0723. The van der Waals surface area contributed by atoms with E-state index in [-0.39, 0.29) is 36.0 Å². The maximum absolute atomic E-state index is 15.7. The van der Waals surface area contributed by atoms with Crippen LogP contribution in [0.3, 0.4) is 0 Å². The molecule has 1 aromatic heterocycles. The summed E-state index contributed by atoms with van der Waals surface area (Å²) in [5.41, 5.74) is -0.386. The number of alkyl halides is 2. The summed E-state index contributed by atoms with van der Waals surface area (Å²) >= 11 is 0. The van der Waals surface area contributed by atoms with Crippen molar-refractivity contribution in [2.24, 2.45) is 0 Å². The number of nitrogens with zero attached hydrogens (tertiary/aromatic N) is 1. The minimum atomic E-state index is -2.03. The van der Waals surface area contributed by atoms with Gasteiger partial charge in [0.05, 0.1) is 26.5 Å². The zero-order valence-electron chi connectivity index (χ0n) is 20.0. The lowest BCUT2D eigenvalue weighted by molar-refractivity contribution is 0.0907. The molecule has 1 N–H and O–H groups in total. The van der Waals surface area contributed by atoms with Gasteiger partial charge in [0.1, 0.15) is 30.5 Å². The van der Waals surface area contributed by atoms with Crippen molar-refractivity contribution in [1.29, 1.82) is 0 Å². The van der Waals surface area contributed by atoms with E-state index in [0.717, 1.165) is 0 Å². The number of rotatable bonds is 10. The predicted octanol–water partition coefficient (Wildman–Crippen LogP) is 5.18. The highest BCUT2D eigenvalue weighted by molar-refractivity contribution is 5.95. The van der Waals surface area contributed by atoms with Gasteiger partial charge in [0, 0.05) is 11.1 Å². The second kappa shape index (κ2) is 11.1. The number of methoxy groups -OCH3 is 2. The van der Waals surface area contributed by atoms with Gasteiger partial charge in [-0.15, -0.1) is 0 Å². The first-order valence-corrected chi connectivity index (χ1v) is 10.9. The molecule has 0 saturated carbocycles. The van der Waals surface area contributed by atoms with Gasteiger partial charge in [-0.1, -0.05) is 0 Å². The molecule has 186 valence electrons. The van der Waals surface area contributed by atoms with Crippen LogP contribution in [0.1, 0.15) is 28.5 Å². The van der Waals surface area contributed by atoms with E-state index in [4.69, 9.17) is 14.2 Å². The Bertz CT molecular complexity index is 1200. The highest BCUT2D eigenvalue weighted by Gasteiger charge is 2.30. The Balaban J connectivity index is 1.80. The van der Waals surface area contributed by atoms with Crippen LogP contribution >= 0.6 is 0 Å². The Kier molecular flexibility index (Phi) is 8.22. The highest BCUT2D eigenvalue weighted by Crippen LogP contribution is 2.33. The van der Waals surface area contributed by atoms with Crippen LogP contribution in [-0.2, 0) is 5.67 Å². The van der Waals surface area contributed by atoms with Crippen molar-refractivity contribution in [3.05, 3.63) is 71.2 Å². The first kappa shape index (κ1) is 25.9. The maximum atomic E-state index is 15.7. The quantitative estimate of drug-likeness (QED) is 0.426. The lowest BCUT2D eigenvalue weighted by atomic mass is 10.0. The van der Waals surface area contributed by atoms with Gasteiger partial charge >= 0.3 is 0 Å². The van der Waals surface area contributed by atoms with Crippen LogP contribution in [0.2, 0.25) is 0 Å². The molecule has 6 nitrogen and oxygen atoms in total. The number of nitrogens with one attached hydrogen (secondary N) is 1. The fraction of sp³-hybridized carbons (Fsp3) is 0.308. The lowest BCUT2D eigenvalue weighted by Gasteiger charge is -2.22. The van der Waals surface area contributed by atoms with Crippen LogP contribution in [-0.4, -0.2) is 44.9 Å². The molecule has 1 heterocycles. The van der Waals surface area contributed by atoms with Crippen molar-refractivity contribution in [2.45, 2.75) is 19.5 Å². The summed E-state index contributed by atoms with van der Waals surface area (Å²) in [5, 5.41) is 2.56. The molecular weight excluding hydrogens is 461 g/mol. The summed E-state index contributed by atoms with van der Waals surface area (Å²) < 4.78 is 57.6. The highest BCUT2D eigenvalue weighted by atomic mass is 19.1. The number of carbonyl (C=O) groups is 1. The van der Waals surface area contributed by atoms with Crippen molar-refractivity contribution in [1.82, 2.24) is 10.3 Å². The third-order valence-electron chi connectivity index (χ3n) is 5.39. The molecule has 3 aromatic rings. The Morgan fingerprint density at radius 2 is 1.74 bits per heavy atom. The van der Waals surface area contributed by atoms with E-state index >= 15 is 4.39 Å².